The Kier molecular flexibility index (Phi) is 5.85. The third-order valence-electron chi connectivity index (χ3n) is 4.38. The molecule has 2 saturated heterocycles. The number of amides is 2. The molecule has 2 atom stereocenters. The molecule has 2 aliphatic rings. The van der Waals surface area contributed by atoms with Crippen molar-refractivity contribution in [2.45, 2.75) is 57.6 Å². The predicted molar refractivity (Wildman–Crippen MR) is 78.2 cm³/mol. The Morgan fingerprint density at radius 1 is 1.29 bits per heavy atom. The number of nitrogens with zero attached hydrogens (tertiary/aromatic N) is 2. The van der Waals surface area contributed by atoms with Crippen molar-refractivity contribution in [3.8, 4) is 0 Å². The van der Waals surface area contributed by atoms with Gasteiger partial charge in [-0.05, 0) is 39.0 Å². The van der Waals surface area contributed by atoms with Crippen molar-refractivity contribution >= 4 is 12.0 Å². The summed E-state index contributed by atoms with van der Waals surface area (Å²) in [5, 5.41) is 9.02. The molecule has 0 aromatic rings. The van der Waals surface area contributed by atoms with Gasteiger partial charge in [-0.1, -0.05) is 0 Å². The fourth-order valence-corrected chi connectivity index (χ4v) is 3.22. The summed E-state index contributed by atoms with van der Waals surface area (Å²) in [6.07, 6.45) is 4.98. The second-order valence-electron chi connectivity index (χ2n) is 5.90. The topological polar surface area (TPSA) is 70.1 Å². The molecule has 0 aromatic heterocycles. The lowest BCUT2D eigenvalue weighted by atomic mass is 10.00. The number of hydrogen-bond acceptors (Lipinski definition) is 3. The molecule has 0 bridgehead atoms. The molecule has 21 heavy (non-hydrogen) atoms. The van der Waals surface area contributed by atoms with Crippen LogP contribution >= 0.6 is 0 Å². The van der Waals surface area contributed by atoms with E-state index in [0.29, 0.717) is 19.6 Å². The largest absolute Gasteiger partial charge is 0.481 e. The number of carboxylic acids is 1. The van der Waals surface area contributed by atoms with Gasteiger partial charge >= 0.3 is 12.0 Å². The Balaban J connectivity index is 1.97. The van der Waals surface area contributed by atoms with Crippen LogP contribution in [0, 0.1) is 0 Å². The monoisotopic (exact) mass is 298 g/mol. The first kappa shape index (κ1) is 16.1. The minimum Gasteiger partial charge on any atom is -0.481 e. The van der Waals surface area contributed by atoms with Crippen molar-refractivity contribution in [2.75, 3.05) is 26.2 Å². The highest BCUT2D eigenvalue weighted by Gasteiger charge is 2.32. The van der Waals surface area contributed by atoms with Crippen molar-refractivity contribution in [2.24, 2.45) is 0 Å². The van der Waals surface area contributed by atoms with Gasteiger partial charge in [-0.25, -0.2) is 4.79 Å². The highest BCUT2D eigenvalue weighted by atomic mass is 16.5. The molecule has 6 heteroatoms. The number of rotatable bonds is 5. The summed E-state index contributed by atoms with van der Waals surface area (Å²) in [6, 6.07) is -0.193. The van der Waals surface area contributed by atoms with E-state index < -0.39 is 5.97 Å². The molecular formula is C15H26N2O4. The lowest BCUT2D eigenvalue weighted by Crippen LogP contribution is -2.52. The molecule has 0 spiro atoms. The average Bonchev–Trinajstić information content (AvgIpc) is 2.97. The van der Waals surface area contributed by atoms with Gasteiger partial charge in [-0.3, -0.25) is 4.79 Å². The summed E-state index contributed by atoms with van der Waals surface area (Å²) in [6.45, 7) is 4.66. The molecule has 0 radical (unpaired) electrons. The van der Waals surface area contributed by atoms with Gasteiger partial charge in [-0.2, -0.15) is 0 Å². The van der Waals surface area contributed by atoms with E-state index in [-0.39, 0.29) is 24.6 Å². The summed E-state index contributed by atoms with van der Waals surface area (Å²) < 4.78 is 5.61. The zero-order chi connectivity index (χ0) is 15.2. The van der Waals surface area contributed by atoms with Gasteiger partial charge in [0, 0.05) is 32.3 Å². The van der Waals surface area contributed by atoms with Gasteiger partial charge in [0.1, 0.15) is 0 Å². The first-order valence-electron chi connectivity index (χ1n) is 8.00. The van der Waals surface area contributed by atoms with Crippen LogP contribution in [-0.2, 0) is 9.53 Å². The predicted octanol–water partition coefficient (Wildman–Crippen LogP) is 1.94. The molecule has 2 aliphatic heterocycles. The van der Waals surface area contributed by atoms with E-state index in [0.717, 1.165) is 38.7 Å². The fraction of sp³-hybridized carbons (Fsp3) is 0.867. The number of hydrogen-bond donors (Lipinski definition) is 1. The molecule has 2 rings (SSSR count). The Morgan fingerprint density at radius 2 is 2.10 bits per heavy atom. The molecule has 2 heterocycles. The van der Waals surface area contributed by atoms with E-state index in [1.54, 1.807) is 9.80 Å². The van der Waals surface area contributed by atoms with Crippen molar-refractivity contribution in [1.29, 1.82) is 0 Å². The van der Waals surface area contributed by atoms with Crippen molar-refractivity contribution in [1.82, 2.24) is 9.80 Å². The SMILES string of the molecule is CCN(CC1CCCO1)C(=O)N1CCCCC1CC(=O)O. The summed E-state index contributed by atoms with van der Waals surface area (Å²) in [5.41, 5.74) is 0. The number of piperidine rings is 1. The maximum atomic E-state index is 12.7. The quantitative estimate of drug-likeness (QED) is 0.842. The number of ether oxygens (including phenoxy) is 1. The summed E-state index contributed by atoms with van der Waals surface area (Å²) >= 11 is 0. The van der Waals surface area contributed by atoms with Gasteiger partial charge in [0.05, 0.1) is 12.5 Å². The first-order chi connectivity index (χ1) is 10.1. The van der Waals surface area contributed by atoms with Crippen LogP contribution in [0.15, 0.2) is 0 Å². The van der Waals surface area contributed by atoms with Crippen LogP contribution in [-0.4, -0.2) is 65.3 Å². The van der Waals surface area contributed by atoms with E-state index in [4.69, 9.17) is 9.84 Å². The van der Waals surface area contributed by atoms with E-state index in [1.165, 1.54) is 0 Å². The second kappa shape index (κ2) is 7.64. The first-order valence-corrected chi connectivity index (χ1v) is 8.00. The van der Waals surface area contributed by atoms with E-state index in [1.807, 2.05) is 6.92 Å². The molecule has 0 aromatic carbocycles. The van der Waals surface area contributed by atoms with Gasteiger partial charge in [0.2, 0.25) is 0 Å². The standard InChI is InChI=1S/C15H26N2O4/c1-2-16(11-13-7-5-9-21-13)15(20)17-8-4-3-6-12(17)10-14(18)19/h12-13H,2-11H2,1H3,(H,18,19). The summed E-state index contributed by atoms with van der Waals surface area (Å²) in [5.74, 6) is -0.832. The van der Waals surface area contributed by atoms with Crippen LogP contribution in [0.3, 0.4) is 0 Å². The minimum atomic E-state index is -0.832. The number of likely N-dealkylation sites (tertiary alicyclic amines) is 1. The summed E-state index contributed by atoms with van der Waals surface area (Å²) in [4.78, 5) is 27.3. The third kappa shape index (κ3) is 4.33. The molecule has 0 saturated carbocycles. The fourth-order valence-electron chi connectivity index (χ4n) is 3.22. The van der Waals surface area contributed by atoms with E-state index in [2.05, 4.69) is 0 Å². The average molecular weight is 298 g/mol. The number of likely N-dealkylation sites (N-methyl/N-ethyl adjacent to an activating group) is 1. The van der Waals surface area contributed by atoms with Crippen molar-refractivity contribution < 1.29 is 19.4 Å². The number of carboxylic acid groups (broad SMARTS) is 1. The third-order valence-corrected chi connectivity index (χ3v) is 4.38. The molecule has 1 N–H and O–H groups in total. The highest BCUT2D eigenvalue weighted by Crippen LogP contribution is 2.22. The number of urea groups is 1. The normalized spacial score (nSPS) is 25.9. The van der Waals surface area contributed by atoms with Crippen molar-refractivity contribution in [3.05, 3.63) is 0 Å². The van der Waals surface area contributed by atoms with Crippen LogP contribution in [0.4, 0.5) is 4.79 Å². The minimum absolute atomic E-state index is 0.0287. The molecule has 2 amide bonds. The summed E-state index contributed by atoms with van der Waals surface area (Å²) in [7, 11) is 0. The number of carbonyl (C=O) groups excluding carboxylic acids is 1. The maximum absolute atomic E-state index is 12.7. The van der Waals surface area contributed by atoms with E-state index >= 15 is 0 Å². The molecular weight excluding hydrogens is 272 g/mol. The molecule has 2 fully saturated rings. The van der Waals surface area contributed by atoms with Gasteiger partial charge in [0.25, 0.3) is 0 Å². The van der Waals surface area contributed by atoms with Gasteiger partial charge < -0.3 is 19.6 Å². The van der Waals surface area contributed by atoms with Crippen LogP contribution in [0.25, 0.3) is 0 Å². The number of carbonyl (C=O) groups is 2. The Bertz CT molecular complexity index is 369. The van der Waals surface area contributed by atoms with Crippen molar-refractivity contribution in [3.63, 3.8) is 0 Å². The Morgan fingerprint density at radius 3 is 2.71 bits per heavy atom. The van der Waals surface area contributed by atoms with Crippen LogP contribution in [0.5, 0.6) is 0 Å². The lowest BCUT2D eigenvalue weighted by Gasteiger charge is -2.38. The highest BCUT2D eigenvalue weighted by molar-refractivity contribution is 5.76. The van der Waals surface area contributed by atoms with E-state index in [9.17, 15) is 9.59 Å². The smallest absolute Gasteiger partial charge is 0.320 e. The van der Waals surface area contributed by atoms with Gasteiger partial charge in [0.15, 0.2) is 0 Å². The van der Waals surface area contributed by atoms with Crippen LogP contribution < -0.4 is 0 Å². The molecule has 2 unspecified atom stereocenters. The zero-order valence-electron chi connectivity index (χ0n) is 12.8. The Hall–Kier alpha value is -1.30. The molecule has 6 nitrogen and oxygen atoms in total. The lowest BCUT2D eigenvalue weighted by molar-refractivity contribution is -0.138. The molecule has 120 valence electrons. The zero-order valence-corrected chi connectivity index (χ0v) is 12.8. The maximum Gasteiger partial charge on any atom is 0.320 e. The Labute approximate surface area is 126 Å². The second-order valence-corrected chi connectivity index (χ2v) is 5.90. The van der Waals surface area contributed by atoms with Gasteiger partial charge in [-0.15, -0.1) is 0 Å². The van der Waals surface area contributed by atoms with Crippen LogP contribution in [0.2, 0.25) is 0 Å². The molecule has 0 aliphatic carbocycles. The number of aliphatic carboxylic acids is 1. The van der Waals surface area contributed by atoms with Crippen LogP contribution in [0.1, 0.15) is 45.4 Å².